The van der Waals surface area contributed by atoms with Gasteiger partial charge in [-0.05, 0) is 42.3 Å². The Kier molecular flexibility index (Phi) is 5.44. The van der Waals surface area contributed by atoms with Crippen LogP contribution in [0.25, 0.3) is 0 Å². The maximum Gasteiger partial charge on any atom is 0.229 e. The highest BCUT2D eigenvalue weighted by molar-refractivity contribution is 6.04. The Bertz CT molecular complexity index is 1000. The second-order valence-corrected chi connectivity index (χ2v) is 7.56. The largest absolute Gasteiger partial charge is 0.495 e. The van der Waals surface area contributed by atoms with Gasteiger partial charge in [0.1, 0.15) is 5.75 Å². The number of methoxy groups -OCH3 is 1. The van der Waals surface area contributed by atoms with Crippen LogP contribution in [0.15, 0.2) is 42.5 Å². The highest BCUT2D eigenvalue weighted by Crippen LogP contribution is 2.34. The zero-order chi connectivity index (χ0) is 21.3. The summed E-state index contributed by atoms with van der Waals surface area (Å²) in [7, 11) is 1.55. The first-order chi connectivity index (χ1) is 14.5. The molecule has 1 unspecified atom stereocenters. The minimum atomic E-state index is -0.436. The Morgan fingerprint density at radius 2 is 2.00 bits per heavy atom. The third kappa shape index (κ3) is 3.63. The van der Waals surface area contributed by atoms with Crippen LogP contribution in [0, 0.1) is 5.92 Å². The van der Waals surface area contributed by atoms with E-state index in [4.69, 9.17) is 4.74 Å². The van der Waals surface area contributed by atoms with Gasteiger partial charge in [-0.3, -0.25) is 14.4 Å². The first kappa shape index (κ1) is 19.9. The zero-order valence-electron chi connectivity index (χ0n) is 17.2. The van der Waals surface area contributed by atoms with Crippen LogP contribution in [0.3, 0.4) is 0 Å². The Balaban J connectivity index is 1.48. The smallest absolute Gasteiger partial charge is 0.229 e. The SMILES string of the molecule is CCC(=O)N1CCc2cc(N3CC(C(=O)Nc4ccccc4OC)CC3=O)ccc21. The van der Waals surface area contributed by atoms with Gasteiger partial charge in [0.15, 0.2) is 0 Å². The maximum atomic E-state index is 12.8. The van der Waals surface area contributed by atoms with Crippen molar-refractivity contribution in [1.29, 1.82) is 0 Å². The standard InChI is InChI=1S/C23H25N3O4/c1-3-21(27)25-11-10-15-12-17(8-9-19(15)25)26-14-16(13-22(26)28)23(29)24-18-6-4-5-7-20(18)30-2/h4-9,12,16H,3,10-11,13-14H2,1-2H3,(H,24,29). The summed E-state index contributed by atoms with van der Waals surface area (Å²) in [5.74, 6) is -0.0247. The van der Waals surface area contributed by atoms with Gasteiger partial charge in [-0.2, -0.15) is 0 Å². The van der Waals surface area contributed by atoms with Crippen LogP contribution in [0.4, 0.5) is 17.1 Å². The summed E-state index contributed by atoms with van der Waals surface area (Å²) in [6.07, 6.45) is 1.40. The molecular weight excluding hydrogens is 382 g/mol. The molecule has 1 saturated heterocycles. The lowest BCUT2D eigenvalue weighted by Gasteiger charge is -2.20. The fourth-order valence-corrected chi connectivity index (χ4v) is 4.12. The number of amides is 3. The van der Waals surface area contributed by atoms with E-state index in [-0.39, 0.29) is 24.1 Å². The van der Waals surface area contributed by atoms with Crippen molar-refractivity contribution in [3.05, 3.63) is 48.0 Å². The second-order valence-electron chi connectivity index (χ2n) is 7.56. The molecular formula is C23H25N3O4. The van der Waals surface area contributed by atoms with Gasteiger partial charge in [-0.25, -0.2) is 0 Å². The minimum absolute atomic E-state index is 0.0744. The molecule has 0 aliphatic carbocycles. The molecule has 0 radical (unpaired) electrons. The number of nitrogens with one attached hydrogen (secondary N) is 1. The van der Waals surface area contributed by atoms with Crippen LogP contribution < -0.4 is 19.9 Å². The van der Waals surface area contributed by atoms with Crippen LogP contribution in [-0.2, 0) is 20.8 Å². The molecule has 30 heavy (non-hydrogen) atoms. The first-order valence-corrected chi connectivity index (χ1v) is 10.2. The molecule has 2 heterocycles. The molecule has 1 atom stereocenters. The Morgan fingerprint density at radius 3 is 2.77 bits per heavy atom. The van der Waals surface area contributed by atoms with E-state index in [1.807, 2.05) is 37.3 Å². The third-order valence-corrected chi connectivity index (χ3v) is 5.73. The van der Waals surface area contributed by atoms with Gasteiger partial charge in [0.2, 0.25) is 17.7 Å². The summed E-state index contributed by atoms with van der Waals surface area (Å²) in [5.41, 5.74) is 3.35. The average molecular weight is 407 g/mol. The number of para-hydroxylation sites is 2. The van der Waals surface area contributed by atoms with Crippen molar-refractivity contribution >= 4 is 34.8 Å². The fraction of sp³-hybridized carbons (Fsp3) is 0.348. The topological polar surface area (TPSA) is 79.0 Å². The molecule has 0 spiro atoms. The number of nitrogens with zero attached hydrogens (tertiary/aromatic N) is 2. The summed E-state index contributed by atoms with van der Waals surface area (Å²) in [6.45, 7) is 2.85. The van der Waals surface area contributed by atoms with Crippen molar-refractivity contribution in [2.75, 3.05) is 35.3 Å². The molecule has 1 N–H and O–H groups in total. The van der Waals surface area contributed by atoms with Crippen LogP contribution in [0.2, 0.25) is 0 Å². The van der Waals surface area contributed by atoms with Crippen molar-refractivity contribution in [2.24, 2.45) is 5.92 Å². The summed E-state index contributed by atoms with van der Waals surface area (Å²) < 4.78 is 5.28. The number of ether oxygens (including phenoxy) is 1. The normalized spacial score (nSPS) is 17.8. The molecule has 7 heteroatoms. The number of benzene rings is 2. The van der Waals surface area contributed by atoms with E-state index in [0.717, 1.165) is 23.4 Å². The van der Waals surface area contributed by atoms with E-state index >= 15 is 0 Å². The van der Waals surface area contributed by atoms with Crippen LogP contribution in [-0.4, -0.2) is 37.9 Å². The lowest BCUT2D eigenvalue weighted by Crippen LogP contribution is -2.28. The van der Waals surface area contributed by atoms with Gasteiger partial charge >= 0.3 is 0 Å². The predicted molar refractivity (Wildman–Crippen MR) is 115 cm³/mol. The van der Waals surface area contributed by atoms with Gasteiger partial charge in [0.05, 0.1) is 18.7 Å². The Labute approximate surface area is 175 Å². The number of carbonyl (C=O) groups is 3. The van der Waals surface area contributed by atoms with E-state index in [2.05, 4.69) is 5.32 Å². The number of rotatable bonds is 5. The van der Waals surface area contributed by atoms with Crippen LogP contribution >= 0.6 is 0 Å². The monoisotopic (exact) mass is 407 g/mol. The predicted octanol–water partition coefficient (Wildman–Crippen LogP) is 2.99. The van der Waals surface area contributed by atoms with E-state index in [0.29, 0.717) is 30.9 Å². The quantitative estimate of drug-likeness (QED) is 0.827. The van der Waals surface area contributed by atoms with Gasteiger partial charge in [-0.15, -0.1) is 0 Å². The van der Waals surface area contributed by atoms with Crippen molar-refractivity contribution in [3.63, 3.8) is 0 Å². The minimum Gasteiger partial charge on any atom is -0.495 e. The highest BCUT2D eigenvalue weighted by atomic mass is 16.5. The van der Waals surface area contributed by atoms with E-state index < -0.39 is 5.92 Å². The van der Waals surface area contributed by atoms with Crippen molar-refractivity contribution in [2.45, 2.75) is 26.2 Å². The van der Waals surface area contributed by atoms with Crippen molar-refractivity contribution < 1.29 is 19.1 Å². The number of carbonyl (C=O) groups excluding carboxylic acids is 3. The van der Waals surface area contributed by atoms with Crippen molar-refractivity contribution in [1.82, 2.24) is 0 Å². The molecule has 0 saturated carbocycles. The van der Waals surface area contributed by atoms with Gasteiger partial charge in [-0.1, -0.05) is 19.1 Å². The average Bonchev–Trinajstić information content (AvgIpc) is 3.36. The van der Waals surface area contributed by atoms with Gasteiger partial charge in [0, 0.05) is 37.3 Å². The van der Waals surface area contributed by atoms with E-state index in [1.54, 1.807) is 29.0 Å². The van der Waals surface area contributed by atoms with E-state index in [9.17, 15) is 14.4 Å². The molecule has 2 aromatic rings. The third-order valence-electron chi connectivity index (χ3n) is 5.73. The van der Waals surface area contributed by atoms with Gasteiger partial charge < -0.3 is 19.9 Å². The Hall–Kier alpha value is -3.35. The van der Waals surface area contributed by atoms with Crippen LogP contribution in [0.5, 0.6) is 5.75 Å². The molecule has 7 nitrogen and oxygen atoms in total. The van der Waals surface area contributed by atoms with Crippen LogP contribution in [0.1, 0.15) is 25.3 Å². The molecule has 4 rings (SSSR count). The number of hydrogen-bond donors (Lipinski definition) is 1. The summed E-state index contributed by atoms with van der Waals surface area (Å²) >= 11 is 0. The molecule has 2 aliphatic heterocycles. The maximum absolute atomic E-state index is 12.8. The summed E-state index contributed by atoms with van der Waals surface area (Å²) in [4.78, 5) is 41.0. The first-order valence-electron chi connectivity index (χ1n) is 10.2. The Morgan fingerprint density at radius 1 is 1.20 bits per heavy atom. The second kappa shape index (κ2) is 8.18. The number of fused-ring (bicyclic) bond motifs is 1. The molecule has 1 fully saturated rings. The summed E-state index contributed by atoms with van der Waals surface area (Å²) in [5, 5.41) is 2.88. The molecule has 156 valence electrons. The molecule has 0 bridgehead atoms. The number of hydrogen-bond acceptors (Lipinski definition) is 4. The van der Waals surface area contributed by atoms with E-state index in [1.165, 1.54) is 0 Å². The lowest BCUT2D eigenvalue weighted by molar-refractivity contribution is -0.122. The van der Waals surface area contributed by atoms with Crippen molar-refractivity contribution in [3.8, 4) is 5.75 Å². The highest BCUT2D eigenvalue weighted by Gasteiger charge is 2.36. The zero-order valence-corrected chi connectivity index (χ0v) is 17.2. The molecule has 3 amide bonds. The summed E-state index contributed by atoms with van der Waals surface area (Å²) in [6, 6.07) is 12.9. The molecule has 2 aliphatic rings. The molecule has 0 aromatic heterocycles. The lowest BCUT2D eigenvalue weighted by atomic mass is 10.1. The number of anilines is 3. The fourth-order valence-electron chi connectivity index (χ4n) is 4.12. The van der Waals surface area contributed by atoms with Gasteiger partial charge in [0.25, 0.3) is 0 Å². The molecule has 2 aromatic carbocycles.